The van der Waals surface area contributed by atoms with Gasteiger partial charge >= 0.3 is 0 Å². The van der Waals surface area contributed by atoms with Crippen molar-refractivity contribution in [3.63, 3.8) is 0 Å². The topological polar surface area (TPSA) is 297 Å². The van der Waals surface area contributed by atoms with E-state index >= 15 is 0 Å². The minimum atomic E-state index is -1.89. The van der Waals surface area contributed by atoms with Crippen LogP contribution >= 0.6 is 0 Å². The van der Waals surface area contributed by atoms with E-state index < -0.39 is 124 Å². The van der Waals surface area contributed by atoms with Crippen molar-refractivity contribution in [1.82, 2.24) is 4.90 Å². The third-order valence-corrected chi connectivity index (χ3v) is 7.68. The van der Waals surface area contributed by atoms with Crippen LogP contribution in [0.4, 0.5) is 0 Å². The second-order valence-corrected chi connectivity index (χ2v) is 10.3. The number of hydrogen-bond donors (Lipinski definition) is 10. The molecule has 12 N–H and O–H groups in total. The second-order valence-electron chi connectivity index (χ2n) is 10.3. The van der Waals surface area contributed by atoms with E-state index in [-0.39, 0.29) is 5.57 Å². The molecule has 234 valence electrons. The van der Waals surface area contributed by atoms with Crippen LogP contribution in [0, 0.1) is 0 Å². The van der Waals surface area contributed by atoms with Crippen LogP contribution in [0.1, 0.15) is 6.92 Å². The molecule has 3 fully saturated rings. The molecule has 4 heterocycles. The molecule has 0 radical (unpaired) electrons. The summed E-state index contributed by atoms with van der Waals surface area (Å²) in [6.07, 6.45) is -18.0. The highest BCUT2D eigenvalue weighted by molar-refractivity contribution is 6.16. The van der Waals surface area contributed by atoms with Crippen LogP contribution in [-0.2, 0) is 33.3 Å². The summed E-state index contributed by atoms with van der Waals surface area (Å²) in [7, 11) is 0. The fraction of sp³-hybridized carbons (Fsp3) is 0.826. The van der Waals surface area contributed by atoms with E-state index in [2.05, 4.69) is 0 Å². The van der Waals surface area contributed by atoms with Crippen LogP contribution in [0.3, 0.4) is 0 Å². The highest BCUT2D eigenvalue weighted by Gasteiger charge is 2.56. The van der Waals surface area contributed by atoms with Crippen molar-refractivity contribution in [2.45, 2.75) is 98.9 Å². The summed E-state index contributed by atoms with van der Waals surface area (Å²) in [4.78, 5) is 26.4. The van der Waals surface area contributed by atoms with E-state index in [1.807, 2.05) is 0 Å². The van der Waals surface area contributed by atoms with Crippen LogP contribution in [-0.4, -0.2) is 169 Å². The molecule has 4 rings (SSSR count). The predicted octanol–water partition coefficient (Wildman–Crippen LogP) is -7.32. The molecule has 0 bridgehead atoms. The van der Waals surface area contributed by atoms with Gasteiger partial charge in [-0.3, -0.25) is 14.5 Å². The van der Waals surface area contributed by atoms with Gasteiger partial charge in [-0.1, -0.05) is 0 Å². The lowest BCUT2D eigenvalue weighted by molar-refractivity contribution is -0.355. The van der Waals surface area contributed by atoms with Crippen molar-refractivity contribution in [2.75, 3.05) is 19.8 Å². The molecular weight excluding hydrogens is 558 g/mol. The molecule has 15 atom stereocenters. The molecule has 0 aromatic heterocycles. The lowest BCUT2D eigenvalue weighted by atomic mass is 9.93. The van der Waals surface area contributed by atoms with Gasteiger partial charge in [0.25, 0.3) is 11.8 Å². The minimum Gasteiger partial charge on any atom is -0.394 e. The largest absolute Gasteiger partial charge is 0.394 e. The van der Waals surface area contributed by atoms with Gasteiger partial charge in [0.05, 0.1) is 31.9 Å². The number of imide groups is 1. The molecule has 0 spiro atoms. The Morgan fingerprint density at radius 1 is 0.756 bits per heavy atom. The maximum atomic E-state index is 13.0. The summed E-state index contributed by atoms with van der Waals surface area (Å²) in [6.45, 7) is -0.976. The quantitative estimate of drug-likeness (QED) is 0.117. The molecule has 41 heavy (non-hydrogen) atoms. The Bertz CT molecular complexity index is 984. The van der Waals surface area contributed by atoms with Gasteiger partial charge in [0.2, 0.25) is 0 Å². The first-order chi connectivity index (χ1) is 19.4. The third-order valence-electron chi connectivity index (χ3n) is 7.68. The van der Waals surface area contributed by atoms with E-state index in [4.69, 9.17) is 35.2 Å². The van der Waals surface area contributed by atoms with Gasteiger partial charge in [0.1, 0.15) is 61.0 Å². The highest BCUT2D eigenvalue weighted by atomic mass is 16.7. The average Bonchev–Trinajstić information content (AvgIpc) is 3.20. The fourth-order valence-electron chi connectivity index (χ4n) is 5.30. The number of nitrogens with two attached hydrogens (primary N) is 2. The summed E-state index contributed by atoms with van der Waals surface area (Å²) in [5, 5.41) is 81.9. The molecule has 4 aliphatic rings. The van der Waals surface area contributed by atoms with E-state index in [0.29, 0.717) is 4.90 Å². The molecule has 18 heteroatoms. The van der Waals surface area contributed by atoms with Gasteiger partial charge in [-0.05, 0) is 6.92 Å². The van der Waals surface area contributed by atoms with Gasteiger partial charge in [-0.25, -0.2) is 0 Å². The molecule has 2 amide bonds. The Hall–Kier alpha value is -1.72. The van der Waals surface area contributed by atoms with E-state index in [1.54, 1.807) is 0 Å². The number of aliphatic hydroxyl groups is 8. The number of ether oxygens (including phenoxy) is 5. The van der Waals surface area contributed by atoms with Crippen molar-refractivity contribution in [3.8, 4) is 0 Å². The van der Waals surface area contributed by atoms with E-state index in [0.717, 1.165) is 6.08 Å². The van der Waals surface area contributed by atoms with Crippen molar-refractivity contribution >= 4 is 11.8 Å². The number of nitrogens with zero attached hydrogens (tertiary/aromatic N) is 1. The Labute approximate surface area is 233 Å². The average molecular weight is 596 g/mol. The zero-order chi connectivity index (χ0) is 30.3. The summed E-state index contributed by atoms with van der Waals surface area (Å²) >= 11 is 0. The first kappa shape index (κ1) is 32.2. The zero-order valence-electron chi connectivity index (χ0n) is 21.9. The summed E-state index contributed by atoms with van der Waals surface area (Å²) < 4.78 is 28.1. The van der Waals surface area contributed by atoms with Gasteiger partial charge in [-0.15, -0.1) is 0 Å². The van der Waals surface area contributed by atoms with Crippen LogP contribution in [0.5, 0.6) is 0 Å². The lowest BCUT2D eigenvalue weighted by Gasteiger charge is -2.50. The minimum absolute atomic E-state index is 0.0163. The Morgan fingerprint density at radius 2 is 1.29 bits per heavy atom. The van der Waals surface area contributed by atoms with Gasteiger partial charge < -0.3 is 76.0 Å². The number of amides is 2. The van der Waals surface area contributed by atoms with Crippen LogP contribution in [0.2, 0.25) is 0 Å². The molecule has 2 unspecified atom stereocenters. The lowest BCUT2D eigenvalue weighted by Crippen LogP contribution is -2.70. The number of hydrogen-bond acceptors (Lipinski definition) is 17. The van der Waals surface area contributed by atoms with Crippen LogP contribution < -0.4 is 11.5 Å². The van der Waals surface area contributed by atoms with Crippen molar-refractivity contribution < 1.29 is 74.1 Å². The Kier molecular flexibility index (Phi) is 10.1. The first-order valence-corrected chi connectivity index (χ1v) is 12.9. The maximum Gasteiger partial charge on any atom is 0.257 e. The molecule has 0 aromatic carbocycles. The second kappa shape index (κ2) is 12.9. The normalized spacial score (nSPS) is 47.5. The molecular formula is C23H37N3O15. The SMILES string of the molecule is CC1=CC(=O)N([C@H]2[C@H](OC3[C@@H](CO)O[C@@H](O)[C@H](N)[C@H]3O)O[C@H](CO)C(O[C@@H]3O[C@H](CO)[C@@H](O)[C@H](O)[C@H]3N)[C@@H]2O)C1=O. The Balaban J connectivity index is 1.66. The fourth-order valence-corrected chi connectivity index (χ4v) is 5.30. The summed E-state index contributed by atoms with van der Waals surface area (Å²) in [5.41, 5.74) is 11.7. The third kappa shape index (κ3) is 5.92. The van der Waals surface area contributed by atoms with E-state index in [1.165, 1.54) is 6.92 Å². The number of aliphatic hydroxyl groups excluding tert-OH is 8. The monoisotopic (exact) mass is 595 g/mol. The van der Waals surface area contributed by atoms with Gasteiger partial charge in [0.15, 0.2) is 18.9 Å². The highest BCUT2D eigenvalue weighted by Crippen LogP contribution is 2.35. The number of carbonyl (C=O) groups is 2. The van der Waals surface area contributed by atoms with Crippen molar-refractivity contribution in [3.05, 3.63) is 11.6 Å². The van der Waals surface area contributed by atoms with Crippen molar-refractivity contribution in [2.24, 2.45) is 11.5 Å². The van der Waals surface area contributed by atoms with E-state index in [9.17, 15) is 50.4 Å². The number of rotatable bonds is 8. The number of carbonyl (C=O) groups excluding carboxylic acids is 2. The molecule has 3 saturated heterocycles. The molecule has 0 aromatic rings. The summed E-state index contributed by atoms with van der Waals surface area (Å²) in [5.74, 6) is -1.68. The molecule has 0 saturated carbocycles. The van der Waals surface area contributed by atoms with Crippen LogP contribution in [0.25, 0.3) is 0 Å². The molecule has 0 aliphatic carbocycles. The predicted molar refractivity (Wildman–Crippen MR) is 129 cm³/mol. The molecule has 4 aliphatic heterocycles. The zero-order valence-corrected chi connectivity index (χ0v) is 21.9. The van der Waals surface area contributed by atoms with Gasteiger partial charge in [0, 0.05) is 11.6 Å². The summed E-state index contributed by atoms with van der Waals surface area (Å²) in [6, 6.07) is -4.50. The first-order valence-electron chi connectivity index (χ1n) is 12.9. The molecule has 18 nitrogen and oxygen atoms in total. The smallest absolute Gasteiger partial charge is 0.257 e. The Morgan fingerprint density at radius 3 is 1.85 bits per heavy atom. The maximum absolute atomic E-state index is 13.0. The van der Waals surface area contributed by atoms with Gasteiger partial charge in [-0.2, -0.15) is 0 Å². The van der Waals surface area contributed by atoms with Crippen molar-refractivity contribution in [1.29, 1.82) is 0 Å². The standard InChI is InChI=1S/C23H37N3O15/c1-6-2-10(30)26(20(6)35)13-17(34)19(40-22-12(25)15(32)14(31)7(3-27)38-22)9(5-29)39-23(13)41-18-8(4-28)37-21(36)11(24)16(18)33/h2,7-9,11-19,21-23,27-29,31-34,36H,3-5,24-25H2,1H3/t7-,8-,9-,11-,12-,13-,14-,15-,16-,17-,18?,19?,21-,22+,23+/m1/s1. The van der Waals surface area contributed by atoms with Crippen LogP contribution in [0.15, 0.2) is 11.6 Å².